The molecule has 0 bridgehead atoms. The Kier molecular flexibility index (Phi) is 5.38. The van der Waals surface area contributed by atoms with E-state index in [2.05, 4.69) is 5.32 Å². The van der Waals surface area contributed by atoms with Gasteiger partial charge in [-0.1, -0.05) is 19.4 Å². The molecule has 1 aromatic rings. The van der Waals surface area contributed by atoms with E-state index in [1.54, 1.807) is 6.07 Å². The van der Waals surface area contributed by atoms with Crippen molar-refractivity contribution in [3.63, 3.8) is 0 Å². The van der Waals surface area contributed by atoms with E-state index in [-0.39, 0.29) is 23.7 Å². The number of halogens is 1. The lowest BCUT2D eigenvalue weighted by Gasteiger charge is -2.28. The molecule has 0 spiro atoms. The van der Waals surface area contributed by atoms with Crippen molar-refractivity contribution in [1.82, 2.24) is 5.32 Å². The van der Waals surface area contributed by atoms with Gasteiger partial charge in [0.1, 0.15) is 6.10 Å². The van der Waals surface area contributed by atoms with E-state index in [0.29, 0.717) is 0 Å². The van der Waals surface area contributed by atoms with Gasteiger partial charge in [-0.3, -0.25) is 0 Å². The molecule has 1 aliphatic carbocycles. The lowest BCUT2D eigenvalue weighted by Crippen LogP contribution is -2.34. The second-order valence-electron chi connectivity index (χ2n) is 5.48. The number of hydrogen-bond acceptors (Lipinski definition) is 3. The Balaban J connectivity index is 2.05. The third kappa shape index (κ3) is 3.70. The Labute approximate surface area is 120 Å². The zero-order valence-corrected chi connectivity index (χ0v) is 12.2. The summed E-state index contributed by atoms with van der Waals surface area (Å²) in [6.07, 6.45) is 2.80. The van der Waals surface area contributed by atoms with Crippen LogP contribution in [0.3, 0.4) is 0 Å². The molecule has 4 heteroatoms. The second kappa shape index (κ2) is 7.04. The van der Waals surface area contributed by atoms with E-state index in [1.165, 1.54) is 6.07 Å². The van der Waals surface area contributed by atoms with Crippen LogP contribution in [-0.4, -0.2) is 23.9 Å². The first kappa shape index (κ1) is 15.3. The first-order valence-electron chi connectivity index (χ1n) is 7.49. The number of aliphatic hydroxyl groups is 1. The Morgan fingerprint density at radius 2 is 2.15 bits per heavy atom. The average Bonchev–Trinajstić information content (AvgIpc) is 2.43. The van der Waals surface area contributed by atoms with Gasteiger partial charge in [0.25, 0.3) is 0 Å². The van der Waals surface area contributed by atoms with Gasteiger partial charge >= 0.3 is 0 Å². The minimum atomic E-state index is -0.483. The van der Waals surface area contributed by atoms with Crippen molar-refractivity contribution in [2.45, 2.75) is 57.8 Å². The van der Waals surface area contributed by atoms with Gasteiger partial charge in [0.2, 0.25) is 0 Å². The Bertz CT molecular complexity index is 438. The molecule has 0 radical (unpaired) electrons. The number of benzene rings is 1. The third-order valence-corrected chi connectivity index (χ3v) is 3.91. The second-order valence-corrected chi connectivity index (χ2v) is 5.48. The minimum absolute atomic E-state index is 0.115. The normalized spacial score (nSPS) is 24.4. The largest absolute Gasteiger partial charge is 0.485 e. The summed E-state index contributed by atoms with van der Waals surface area (Å²) in [5.74, 6) is -0.117. The lowest BCUT2D eigenvalue weighted by atomic mass is 9.95. The van der Waals surface area contributed by atoms with Crippen LogP contribution in [0.1, 0.15) is 51.1 Å². The van der Waals surface area contributed by atoms with Gasteiger partial charge in [-0.15, -0.1) is 0 Å². The third-order valence-electron chi connectivity index (χ3n) is 3.91. The number of hydrogen-bond donors (Lipinski definition) is 2. The maximum Gasteiger partial charge on any atom is 0.165 e. The minimum Gasteiger partial charge on any atom is -0.485 e. The summed E-state index contributed by atoms with van der Waals surface area (Å²) < 4.78 is 19.7. The summed E-state index contributed by atoms with van der Waals surface area (Å²) in [6.45, 7) is 4.87. The molecule has 1 fully saturated rings. The van der Waals surface area contributed by atoms with Crippen molar-refractivity contribution in [3.8, 4) is 5.75 Å². The fourth-order valence-electron chi connectivity index (χ4n) is 2.68. The molecule has 1 aliphatic rings. The summed E-state index contributed by atoms with van der Waals surface area (Å²) in [4.78, 5) is 0. The van der Waals surface area contributed by atoms with Crippen LogP contribution < -0.4 is 10.1 Å². The molecular formula is C16H24FNO2. The van der Waals surface area contributed by atoms with Crippen LogP contribution in [0.5, 0.6) is 5.75 Å². The standard InChI is InChI=1S/C16H24FNO2/c1-3-18-11(2)12-8-9-15(13(17)10-12)20-16-7-5-4-6-14(16)19/h8-11,14,16,18-19H,3-7H2,1-2H3. The van der Waals surface area contributed by atoms with Gasteiger partial charge < -0.3 is 15.2 Å². The predicted molar refractivity (Wildman–Crippen MR) is 77.4 cm³/mol. The van der Waals surface area contributed by atoms with Crippen LogP contribution >= 0.6 is 0 Å². The number of ether oxygens (including phenoxy) is 1. The molecular weight excluding hydrogens is 257 g/mol. The van der Waals surface area contributed by atoms with Gasteiger partial charge in [0.05, 0.1) is 6.10 Å². The highest BCUT2D eigenvalue weighted by molar-refractivity contribution is 5.31. The molecule has 3 atom stereocenters. The number of rotatable bonds is 5. The molecule has 0 aliphatic heterocycles. The molecule has 2 N–H and O–H groups in total. The molecule has 1 saturated carbocycles. The van der Waals surface area contributed by atoms with E-state index in [0.717, 1.165) is 37.8 Å². The van der Waals surface area contributed by atoms with Crippen molar-refractivity contribution in [2.75, 3.05) is 6.54 Å². The Morgan fingerprint density at radius 3 is 2.80 bits per heavy atom. The monoisotopic (exact) mass is 281 g/mol. The Hall–Kier alpha value is -1.13. The van der Waals surface area contributed by atoms with E-state index in [4.69, 9.17) is 4.74 Å². The quantitative estimate of drug-likeness (QED) is 0.871. The van der Waals surface area contributed by atoms with E-state index in [9.17, 15) is 9.50 Å². The number of nitrogens with one attached hydrogen (secondary N) is 1. The molecule has 112 valence electrons. The lowest BCUT2D eigenvalue weighted by molar-refractivity contribution is 0.00498. The van der Waals surface area contributed by atoms with E-state index in [1.807, 2.05) is 19.9 Å². The van der Waals surface area contributed by atoms with Crippen molar-refractivity contribution >= 4 is 0 Å². The maximum absolute atomic E-state index is 14.1. The van der Waals surface area contributed by atoms with Crippen molar-refractivity contribution in [3.05, 3.63) is 29.6 Å². The highest BCUT2D eigenvalue weighted by Crippen LogP contribution is 2.27. The zero-order valence-electron chi connectivity index (χ0n) is 12.2. The number of aliphatic hydroxyl groups excluding tert-OH is 1. The van der Waals surface area contributed by atoms with Crippen LogP contribution in [-0.2, 0) is 0 Å². The van der Waals surface area contributed by atoms with Crippen molar-refractivity contribution < 1.29 is 14.2 Å². The van der Waals surface area contributed by atoms with Gasteiger partial charge in [0.15, 0.2) is 11.6 Å². The summed E-state index contributed by atoms with van der Waals surface area (Å²) in [5.41, 5.74) is 0.904. The van der Waals surface area contributed by atoms with E-state index >= 15 is 0 Å². The molecule has 3 unspecified atom stereocenters. The molecule has 0 saturated heterocycles. The zero-order chi connectivity index (χ0) is 14.5. The van der Waals surface area contributed by atoms with E-state index < -0.39 is 6.10 Å². The SMILES string of the molecule is CCNC(C)c1ccc(OC2CCCCC2O)c(F)c1. The first-order valence-corrected chi connectivity index (χ1v) is 7.49. The Morgan fingerprint density at radius 1 is 1.40 bits per heavy atom. The molecule has 0 heterocycles. The topological polar surface area (TPSA) is 41.5 Å². The molecule has 0 aromatic heterocycles. The molecule has 2 rings (SSSR count). The highest BCUT2D eigenvalue weighted by Gasteiger charge is 2.25. The van der Waals surface area contributed by atoms with Crippen LogP contribution in [0.15, 0.2) is 18.2 Å². The van der Waals surface area contributed by atoms with Gasteiger partial charge in [0, 0.05) is 6.04 Å². The first-order chi connectivity index (χ1) is 9.61. The maximum atomic E-state index is 14.1. The van der Waals surface area contributed by atoms with Gasteiger partial charge in [-0.25, -0.2) is 4.39 Å². The summed E-state index contributed by atoms with van der Waals surface area (Å²) in [7, 11) is 0. The molecule has 1 aromatic carbocycles. The fourth-order valence-corrected chi connectivity index (χ4v) is 2.68. The summed E-state index contributed by atoms with van der Waals surface area (Å²) in [6, 6.07) is 5.17. The smallest absolute Gasteiger partial charge is 0.165 e. The van der Waals surface area contributed by atoms with Crippen molar-refractivity contribution in [1.29, 1.82) is 0 Å². The predicted octanol–water partition coefficient (Wildman–Crippen LogP) is 3.18. The average molecular weight is 281 g/mol. The molecule has 3 nitrogen and oxygen atoms in total. The molecule has 0 amide bonds. The van der Waals surface area contributed by atoms with Crippen LogP contribution in [0, 0.1) is 5.82 Å². The summed E-state index contributed by atoms with van der Waals surface area (Å²) >= 11 is 0. The summed E-state index contributed by atoms with van der Waals surface area (Å²) in [5, 5.41) is 13.1. The van der Waals surface area contributed by atoms with Crippen molar-refractivity contribution in [2.24, 2.45) is 0 Å². The molecule has 20 heavy (non-hydrogen) atoms. The van der Waals surface area contributed by atoms with Crippen LogP contribution in [0.25, 0.3) is 0 Å². The fraction of sp³-hybridized carbons (Fsp3) is 0.625. The van der Waals surface area contributed by atoms with Gasteiger partial charge in [-0.2, -0.15) is 0 Å². The van der Waals surface area contributed by atoms with Crippen LogP contribution in [0.2, 0.25) is 0 Å². The van der Waals surface area contributed by atoms with Gasteiger partial charge in [-0.05, 0) is 50.4 Å². The van der Waals surface area contributed by atoms with Crippen LogP contribution in [0.4, 0.5) is 4.39 Å². The highest BCUT2D eigenvalue weighted by atomic mass is 19.1.